The standard InChI is InChI=1S/C16H13FN4O3/c1-20-13-12(15(23)21(2)16(20)24)11(7-8-18-13)19-14(22)9-3-5-10(17)6-4-9/h3-8H,1-2H3,(H,18,19,22). The van der Waals surface area contributed by atoms with Gasteiger partial charge < -0.3 is 5.32 Å². The fraction of sp³-hybridized carbons (Fsp3) is 0.125. The van der Waals surface area contributed by atoms with Gasteiger partial charge in [0.15, 0.2) is 5.65 Å². The molecule has 0 fully saturated rings. The van der Waals surface area contributed by atoms with Gasteiger partial charge in [0.2, 0.25) is 0 Å². The number of halogens is 1. The summed E-state index contributed by atoms with van der Waals surface area (Å²) in [5.74, 6) is -0.955. The highest BCUT2D eigenvalue weighted by Crippen LogP contribution is 2.17. The van der Waals surface area contributed by atoms with Gasteiger partial charge in [-0.05, 0) is 30.3 Å². The van der Waals surface area contributed by atoms with E-state index < -0.39 is 23.0 Å². The molecule has 2 heterocycles. The maximum atomic E-state index is 12.9. The molecular weight excluding hydrogens is 315 g/mol. The Labute approximate surface area is 135 Å². The van der Waals surface area contributed by atoms with Crippen molar-refractivity contribution in [3.8, 4) is 0 Å². The number of pyridine rings is 1. The molecule has 2 aromatic heterocycles. The Bertz CT molecular complexity index is 1070. The van der Waals surface area contributed by atoms with Crippen molar-refractivity contribution >= 4 is 22.6 Å². The van der Waals surface area contributed by atoms with E-state index in [1.807, 2.05) is 0 Å². The van der Waals surface area contributed by atoms with Gasteiger partial charge in [-0.25, -0.2) is 14.2 Å². The quantitative estimate of drug-likeness (QED) is 0.761. The van der Waals surface area contributed by atoms with Gasteiger partial charge in [0, 0.05) is 25.9 Å². The number of hydrogen-bond donors (Lipinski definition) is 1. The second kappa shape index (κ2) is 5.73. The minimum absolute atomic E-state index is 0.123. The van der Waals surface area contributed by atoms with Gasteiger partial charge in [0.05, 0.1) is 5.69 Å². The number of nitrogens with zero attached hydrogens (tertiary/aromatic N) is 3. The first kappa shape index (κ1) is 15.6. The molecule has 1 amide bonds. The van der Waals surface area contributed by atoms with Crippen LogP contribution in [-0.2, 0) is 14.1 Å². The van der Waals surface area contributed by atoms with Crippen LogP contribution >= 0.6 is 0 Å². The van der Waals surface area contributed by atoms with Crippen molar-refractivity contribution < 1.29 is 9.18 Å². The summed E-state index contributed by atoms with van der Waals surface area (Å²) in [6.45, 7) is 0. The SMILES string of the molecule is Cn1c(=O)c2c(NC(=O)c3ccc(F)cc3)ccnc2n(C)c1=O. The molecule has 24 heavy (non-hydrogen) atoms. The van der Waals surface area contributed by atoms with Crippen LogP contribution in [0.2, 0.25) is 0 Å². The van der Waals surface area contributed by atoms with Crippen LogP contribution in [0.5, 0.6) is 0 Å². The number of aromatic nitrogens is 3. The van der Waals surface area contributed by atoms with E-state index in [1.54, 1.807) is 0 Å². The number of anilines is 1. The summed E-state index contributed by atoms with van der Waals surface area (Å²) < 4.78 is 15.1. The lowest BCUT2D eigenvalue weighted by Crippen LogP contribution is -2.37. The average Bonchev–Trinajstić information content (AvgIpc) is 2.58. The van der Waals surface area contributed by atoms with Gasteiger partial charge in [-0.1, -0.05) is 0 Å². The Kier molecular flexibility index (Phi) is 3.72. The molecule has 122 valence electrons. The third-order valence-electron chi connectivity index (χ3n) is 3.70. The van der Waals surface area contributed by atoms with Crippen LogP contribution in [0.4, 0.5) is 10.1 Å². The lowest BCUT2D eigenvalue weighted by atomic mass is 10.2. The molecular formula is C16H13FN4O3. The van der Waals surface area contributed by atoms with E-state index in [0.717, 1.165) is 4.57 Å². The first-order valence-electron chi connectivity index (χ1n) is 7.02. The molecule has 0 aliphatic heterocycles. The van der Waals surface area contributed by atoms with Gasteiger partial charge >= 0.3 is 5.69 Å². The number of carbonyl (C=O) groups excluding carboxylic acids is 1. The summed E-state index contributed by atoms with van der Waals surface area (Å²) in [5, 5.41) is 2.73. The molecule has 3 aromatic rings. The van der Waals surface area contributed by atoms with Gasteiger partial charge in [-0.2, -0.15) is 0 Å². The summed E-state index contributed by atoms with van der Waals surface area (Å²) in [6, 6.07) is 6.48. The van der Waals surface area contributed by atoms with Crippen molar-refractivity contribution in [1.29, 1.82) is 0 Å². The summed E-state index contributed by atoms with van der Waals surface area (Å²) in [4.78, 5) is 40.7. The van der Waals surface area contributed by atoms with Crippen LogP contribution in [0.25, 0.3) is 11.0 Å². The van der Waals surface area contributed by atoms with Crippen LogP contribution < -0.4 is 16.6 Å². The molecule has 0 saturated carbocycles. The second-order valence-electron chi connectivity index (χ2n) is 5.22. The van der Waals surface area contributed by atoms with E-state index in [2.05, 4.69) is 10.3 Å². The second-order valence-corrected chi connectivity index (χ2v) is 5.22. The number of aryl methyl sites for hydroxylation is 1. The predicted molar refractivity (Wildman–Crippen MR) is 86.6 cm³/mol. The molecule has 7 nitrogen and oxygen atoms in total. The van der Waals surface area contributed by atoms with E-state index in [9.17, 15) is 18.8 Å². The number of rotatable bonds is 2. The van der Waals surface area contributed by atoms with Crippen molar-refractivity contribution in [1.82, 2.24) is 14.1 Å². The van der Waals surface area contributed by atoms with Crippen molar-refractivity contribution in [2.24, 2.45) is 14.1 Å². The van der Waals surface area contributed by atoms with Gasteiger partial charge in [0.25, 0.3) is 11.5 Å². The maximum Gasteiger partial charge on any atom is 0.332 e. The zero-order chi connectivity index (χ0) is 17.4. The van der Waals surface area contributed by atoms with E-state index in [0.29, 0.717) is 0 Å². The van der Waals surface area contributed by atoms with Gasteiger partial charge in [-0.15, -0.1) is 0 Å². The number of carbonyl (C=O) groups is 1. The number of amides is 1. The van der Waals surface area contributed by atoms with E-state index >= 15 is 0 Å². The number of nitrogens with one attached hydrogen (secondary N) is 1. The third-order valence-corrected chi connectivity index (χ3v) is 3.70. The number of fused-ring (bicyclic) bond motifs is 1. The summed E-state index contributed by atoms with van der Waals surface area (Å²) >= 11 is 0. The lowest BCUT2D eigenvalue weighted by Gasteiger charge is -2.11. The predicted octanol–water partition coefficient (Wildman–Crippen LogP) is 1.02. The van der Waals surface area contributed by atoms with Gasteiger partial charge in [-0.3, -0.25) is 18.7 Å². The van der Waals surface area contributed by atoms with E-state index in [-0.39, 0.29) is 22.3 Å². The Balaban J connectivity index is 2.14. The zero-order valence-corrected chi connectivity index (χ0v) is 12.9. The van der Waals surface area contributed by atoms with Crippen LogP contribution in [0.1, 0.15) is 10.4 Å². The fourth-order valence-electron chi connectivity index (χ4n) is 2.39. The van der Waals surface area contributed by atoms with Crippen LogP contribution in [0, 0.1) is 5.82 Å². The maximum absolute atomic E-state index is 12.9. The lowest BCUT2D eigenvalue weighted by molar-refractivity contribution is 0.102. The summed E-state index contributed by atoms with van der Waals surface area (Å²) in [7, 11) is 2.84. The minimum atomic E-state index is -0.560. The topological polar surface area (TPSA) is 86.0 Å². The number of hydrogen-bond acceptors (Lipinski definition) is 4. The molecule has 1 N–H and O–H groups in total. The largest absolute Gasteiger partial charge is 0.332 e. The molecule has 0 spiro atoms. The number of benzene rings is 1. The Morgan fingerprint density at radius 2 is 1.75 bits per heavy atom. The molecule has 8 heteroatoms. The fourth-order valence-corrected chi connectivity index (χ4v) is 2.39. The minimum Gasteiger partial charge on any atom is -0.321 e. The van der Waals surface area contributed by atoms with Crippen LogP contribution in [0.3, 0.4) is 0 Å². The normalized spacial score (nSPS) is 10.8. The molecule has 0 saturated heterocycles. The molecule has 3 rings (SSSR count). The molecule has 0 unspecified atom stereocenters. The Morgan fingerprint density at radius 3 is 2.42 bits per heavy atom. The van der Waals surface area contributed by atoms with E-state index in [1.165, 1.54) is 55.2 Å². The van der Waals surface area contributed by atoms with Crippen molar-refractivity contribution in [2.75, 3.05) is 5.32 Å². The Hall–Kier alpha value is -3.29. The average molecular weight is 328 g/mol. The van der Waals surface area contributed by atoms with Gasteiger partial charge in [0.1, 0.15) is 11.2 Å². The molecule has 0 bridgehead atoms. The molecule has 0 aliphatic rings. The third kappa shape index (κ3) is 2.47. The first-order valence-corrected chi connectivity index (χ1v) is 7.02. The van der Waals surface area contributed by atoms with Crippen molar-refractivity contribution in [2.45, 2.75) is 0 Å². The zero-order valence-electron chi connectivity index (χ0n) is 12.9. The monoisotopic (exact) mass is 328 g/mol. The first-order chi connectivity index (χ1) is 11.4. The molecule has 1 aromatic carbocycles. The molecule has 0 atom stereocenters. The van der Waals surface area contributed by atoms with Crippen molar-refractivity contribution in [3.05, 3.63) is 68.7 Å². The van der Waals surface area contributed by atoms with Crippen molar-refractivity contribution in [3.63, 3.8) is 0 Å². The highest BCUT2D eigenvalue weighted by Gasteiger charge is 2.15. The molecule has 0 radical (unpaired) electrons. The highest BCUT2D eigenvalue weighted by molar-refractivity contribution is 6.08. The molecule has 0 aliphatic carbocycles. The smallest absolute Gasteiger partial charge is 0.321 e. The van der Waals surface area contributed by atoms with Crippen LogP contribution in [0.15, 0.2) is 46.1 Å². The Morgan fingerprint density at radius 1 is 1.08 bits per heavy atom. The van der Waals surface area contributed by atoms with Crippen LogP contribution in [-0.4, -0.2) is 20.0 Å². The summed E-state index contributed by atoms with van der Waals surface area (Å²) in [6.07, 6.45) is 1.39. The van der Waals surface area contributed by atoms with E-state index in [4.69, 9.17) is 0 Å². The summed E-state index contributed by atoms with van der Waals surface area (Å²) in [5.41, 5.74) is -0.439. The highest BCUT2D eigenvalue weighted by atomic mass is 19.1.